The van der Waals surface area contributed by atoms with Gasteiger partial charge in [-0.2, -0.15) is 0 Å². The predicted molar refractivity (Wildman–Crippen MR) is 75.5 cm³/mol. The Morgan fingerprint density at radius 2 is 2.15 bits per heavy atom. The van der Waals surface area contributed by atoms with Crippen LogP contribution in [-0.2, 0) is 4.74 Å². The number of hydrogen-bond donors (Lipinski definition) is 2. The molecule has 2 N–H and O–H groups in total. The van der Waals surface area contributed by atoms with Crippen LogP contribution in [0.1, 0.15) is 29.0 Å². The van der Waals surface area contributed by atoms with E-state index in [0.717, 1.165) is 31.6 Å². The van der Waals surface area contributed by atoms with Gasteiger partial charge in [-0.3, -0.25) is 9.78 Å². The molecule has 2 heterocycles. The van der Waals surface area contributed by atoms with Gasteiger partial charge in [-0.25, -0.2) is 4.98 Å². The lowest BCUT2D eigenvalue weighted by Gasteiger charge is -2.37. The average molecular weight is 278 g/mol. The second kappa shape index (κ2) is 6.76. The molecule has 1 fully saturated rings. The molecule has 1 saturated heterocycles. The highest BCUT2D eigenvalue weighted by Gasteiger charge is 2.32. The van der Waals surface area contributed by atoms with E-state index >= 15 is 0 Å². The maximum absolute atomic E-state index is 12.1. The molecule has 6 heteroatoms. The van der Waals surface area contributed by atoms with Crippen LogP contribution in [0.2, 0.25) is 0 Å². The average Bonchev–Trinajstić information content (AvgIpc) is 2.47. The first-order valence-electron chi connectivity index (χ1n) is 6.92. The van der Waals surface area contributed by atoms with Gasteiger partial charge in [0.15, 0.2) is 0 Å². The maximum atomic E-state index is 12.1. The summed E-state index contributed by atoms with van der Waals surface area (Å²) in [6.45, 7) is 5.04. The molecule has 0 unspecified atom stereocenters. The van der Waals surface area contributed by atoms with Crippen LogP contribution < -0.4 is 10.6 Å². The van der Waals surface area contributed by atoms with Gasteiger partial charge >= 0.3 is 0 Å². The molecule has 0 aliphatic carbocycles. The van der Waals surface area contributed by atoms with Crippen LogP contribution in [0.25, 0.3) is 0 Å². The van der Waals surface area contributed by atoms with Crippen LogP contribution in [0, 0.1) is 12.3 Å². The fourth-order valence-corrected chi connectivity index (χ4v) is 2.50. The minimum atomic E-state index is -0.175. The Labute approximate surface area is 119 Å². The minimum absolute atomic E-state index is 0.0216. The number of rotatable bonds is 5. The quantitative estimate of drug-likeness (QED) is 0.821. The first kappa shape index (κ1) is 14.9. The van der Waals surface area contributed by atoms with E-state index in [1.54, 1.807) is 13.3 Å². The normalized spacial score (nSPS) is 17.7. The summed E-state index contributed by atoms with van der Waals surface area (Å²) in [5.41, 5.74) is 1.18. The van der Waals surface area contributed by atoms with Gasteiger partial charge in [0.05, 0.1) is 18.5 Å². The summed E-state index contributed by atoms with van der Waals surface area (Å²) >= 11 is 0. The van der Waals surface area contributed by atoms with E-state index in [2.05, 4.69) is 20.6 Å². The second-order valence-electron chi connectivity index (χ2n) is 5.41. The van der Waals surface area contributed by atoms with Gasteiger partial charge in [0.1, 0.15) is 5.69 Å². The summed E-state index contributed by atoms with van der Waals surface area (Å²) < 4.78 is 5.33. The highest BCUT2D eigenvalue weighted by Crippen LogP contribution is 2.28. The van der Waals surface area contributed by atoms with Crippen molar-refractivity contribution in [2.24, 2.45) is 5.41 Å². The van der Waals surface area contributed by atoms with Crippen molar-refractivity contribution in [3.05, 3.63) is 23.8 Å². The van der Waals surface area contributed by atoms with E-state index < -0.39 is 0 Å². The van der Waals surface area contributed by atoms with Crippen molar-refractivity contribution in [3.63, 3.8) is 0 Å². The van der Waals surface area contributed by atoms with E-state index in [0.29, 0.717) is 18.8 Å². The Morgan fingerprint density at radius 3 is 2.75 bits per heavy atom. The number of hydrogen-bond acceptors (Lipinski definition) is 5. The van der Waals surface area contributed by atoms with Gasteiger partial charge < -0.3 is 15.4 Å². The van der Waals surface area contributed by atoms with Crippen LogP contribution in [-0.4, -0.2) is 49.2 Å². The standard InChI is InChI=1S/C14H22N4O2/c1-11-7-17-12(8-16-11)13(19)18-9-14(10-20-2)3-5-15-6-4-14/h7-8,15H,3-6,9-10H2,1-2H3,(H,18,19). The summed E-state index contributed by atoms with van der Waals surface area (Å²) in [6, 6.07) is 0. The number of methoxy groups -OCH3 is 1. The number of piperidine rings is 1. The van der Waals surface area contributed by atoms with Gasteiger partial charge in [-0.1, -0.05) is 0 Å². The van der Waals surface area contributed by atoms with Gasteiger partial charge in [-0.05, 0) is 32.9 Å². The lowest BCUT2D eigenvalue weighted by Crippen LogP contribution is -2.47. The first-order chi connectivity index (χ1) is 9.65. The number of carbonyl (C=O) groups excluding carboxylic acids is 1. The van der Waals surface area contributed by atoms with E-state index in [1.165, 1.54) is 6.20 Å². The Morgan fingerprint density at radius 1 is 1.40 bits per heavy atom. The SMILES string of the molecule is COCC1(CNC(=O)c2cnc(C)cn2)CCNCC1. The van der Waals surface area contributed by atoms with E-state index in [9.17, 15) is 4.79 Å². The van der Waals surface area contributed by atoms with Crippen molar-refractivity contribution in [1.82, 2.24) is 20.6 Å². The van der Waals surface area contributed by atoms with Gasteiger partial charge in [0.25, 0.3) is 5.91 Å². The third-order valence-corrected chi connectivity index (χ3v) is 3.75. The molecule has 0 bridgehead atoms. The molecule has 0 saturated carbocycles. The third kappa shape index (κ3) is 3.74. The van der Waals surface area contributed by atoms with Gasteiger partial charge in [0, 0.05) is 25.3 Å². The number of nitrogens with one attached hydrogen (secondary N) is 2. The van der Waals surface area contributed by atoms with Gasteiger partial charge in [-0.15, -0.1) is 0 Å². The molecule has 0 radical (unpaired) electrons. The molecule has 1 aromatic rings. The van der Waals surface area contributed by atoms with E-state index in [1.807, 2.05) is 6.92 Å². The molecule has 2 rings (SSSR count). The van der Waals surface area contributed by atoms with Crippen molar-refractivity contribution < 1.29 is 9.53 Å². The first-order valence-corrected chi connectivity index (χ1v) is 6.92. The maximum Gasteiger partial charge on any atom is 0.271 e. The van der Waals surface area contributed by atoms with Crippen LogP contribution in [0.5, 0.6) is 0 Å². The number of aromatic nitrogens is 2. The Bertz CT molecular complexity index is 435. The van der Waals surface area contributed by atoms with Crippen LogP contribution >= 0.6 is 0 Å². The monoisotopic (exact) mass is 278 g/mol. The Hall–Kier alpha value is -1.53. The van der Waals surface area contributed by atoms with Crippen molar-refractivity contribution in [1.29, 1.82) is 0 Å². The third-order valence-electron chi connectivity index (χ3n) is 3.75. The zero-order valence-electron chi connectivity index (χ0n) is 12.1. The Balaban J connectivity index is 1.94. The molecule has 0 spiro atoms. The van der Waals surface area contributed by atoms with Gasteiger partial charge in [0.2, 0.25) is 0 Å². The highest BCUT2D eigenvalue weighted by molar-refractivity contribution is 5.91. The second-order valence-corrected chi connectivity index (χ2v) is 5.41. The summed E-state index contributed by atoms with van der Waals surface area (Å²) in [7, 11) is 1.71. The minimum Gasteiger partial charge on any atom is -0.384 e. The van der Waals surface area contributed by atoms with E-state index in [4.69, 9.17) is 4.74 Å². The zero-order valence-corrected chi connectivity index (χ0v) is 12.1. The molecule has 1 aliphatic rings. The van der Waals surface area contributed by atoms with Crippen LogP contribution in [0.15, 0.2) is 12.4 Å². The largest absolute Gasteiger partial charge is 0.384 e. The van der Waals surface area contributed by atoms with Crippen molar-refractivity contribution in [2.75, 3.05) is 33.4 Å². The highest BCUT2D eigenvalue weighted by atomic mass is 16.5. The number of amides is 1. The zero-order chi connectivity index (χ0) is 14.4. The molecule has 1 amide bonds. The molecule has 0 aromatic carbocycles. The number of aryl methyl sites for hydroxylation is 1. The molecule has 20 heavy (non-hydrogen) atoms. The summed E-state index contributed by atoms with van der Waals surface area (Å²) in [4.78, 5) is 20.3. The number of nitrogens with zero attached hydrogens (tertiary/aromatic N) is 2. The van der Waals surface area contributed by atoms with Crippen LogP contribution in [0.4, 0.5) is 0 Å². The molecule has 1 aliphatic heterocycles. The molecule has 6 nitrogen and oxygen atoms in total. The summed E-state index contributed by atoms with van der Waals surface area (Å²) in [6.07, 6.45) is 5.11. The molecule has 0 atom stereocenters. The topological polar surface area (TPSA) is 76.1 Å². The predicted octanol–water partition coefficient (Wildman–Crippen LogP) is 0.531. The molecular weight excluding hydrogens is 256 g/mol. The van der Waals surface area contributed by atoms with Crippen LogP contribution in [0.3, 0.4) is 0 Å². The van der Waals surface area contributed by atoms with E-state index in [-0.39, 0.29) is 11.3 Å². The lowest BCUT2D eigenvalue weighted by molar-refractivity contribution is 0.0510. The summed E-state index contributed by atoms with van der Waals surface area (Å²) in [5, 5.41) is 6.30. The molecule has 1 aromatic heterocycles. The fourth-order valence-electron chi connectivity index (χ4n) is 2.50. The number of carbonyl (C=O) groups is 1. The summed E-state index contributed by atoms with van der Waals surface area (Å²) in [5.74, 6) is -0.175. The number of ether oxygens (including phenoxy) is 1. The molecule has 110 valence electrons. The van der Waals surface area contributed by atoms with Crippen molar-refractivity contribution in [2.45, 2.75) is 19.8 Å². The lowest BCUT2D eigenvalue weighted by atomic mass is 9.79. The smallest absolute Gasteiger partial charge is 0.271 e. The van der Waals surface area contributed by atoms with Crippen molar-refractivity contribution in [3.8, 4) is 0 Å². The van der Waals surface area contributed by atoms with Crippen molar-refractivity contribution >= 4 is 5.91 Å². The fraction of sp³-hybridized carbons (Fsp3) is 0.643. The Kier molecular flexibility index (Phi) is 5.03. The molecular formula is C14H22N4O2.